The van der Waals surface area contributed by atoms with Gasteiger partial charge in [-0.15, -0.1) is 6.58 Å². The molecule has 124 valence electrons. The molecular formula is C22H36. The standard InChI is InChI=1S/C22H36/c1-3-5-8-20-15-17-22(18-16-20)10-7-6-9-21-13-11-19(4-2)12-14-21/h3-6,9,19-22H,2,7-8,10-18H2,1H3/b5-3-,9-6+/t19-,20-,21-,22-. The van der Waals surface area contributed by atoms with E-state index >= 15 is 0 Å². The fraction of sp³-hybridized carbons (Fsp3) is 0.727. The van der Waals surface area contributed by atoms with Crippen molar-refractivity contribution in [2.75, 3.05) is 0 Å². The minimum Gasteiger partial charge on any atom is -0.103 e. The van der Waals surface area contributed by atoms with E-state index < -0.39 is 0 Å². The monoisotopic (exact) mass is 300 g/mol. The Morgan fingerprint density at radius 3 is 2.09 bits per heavy atom. The highest BCUT2D eigenvalue weighted by Crippen LogP contribution is 2.34. The van der Waals surface area contributed by atoms with Crippen LogP contribution in [0.15, 0.2) is 37.0 Å². The molecule has 0 aromatic carbocycles. The van der Waals surface area contributed by atoms with Crippen molar-refractivity contribution in [3.63, 3.8) is 0 Å². The summed E-state index contributed by atoms with van der Waals surface area (Å²) < 4.78 is 0. The summed E-state index contributed by atoms with van der Waals surface area (Å²) in [6.45, 7) is 6.08. The smallest absolute Gasteiger partial charge is 0.0233 e. The average molecular weight is 301 g/mol. The second-order valence-corrected chi connectivity index (χ2v) is 7.61. The maximum Gasteiger partial charge on any atom is -0.0233 e. The molecule has 0 saturated heterocycles. The van der Waals surface area contributed by atoms with Crippen LogP contribution in [-0.2, 0) is 0 Å². The van der Waals surface area contributed by atoms with E-state index in [1.54, 1.807) is 0 Å². The van der Waals surface area contributed by atoms with Gasteiger partial charge in [0.05, 0.1) is 0 Å². The lowest BCUT2D eigenvalue weighted by molar-refractivity contribution is 0.266. The molecule has 0 nitrogen and oxygen atoms in total. The van der Waals surface area contributed by atoms with Crippen LogP contribution < -0.4 is 0 Å². The Kier molecular flexibility index (Phi) is 8.05. The first kappa shape index (κ1) is 17.6. The molecule has 0 bridgehead atoms. The highest BCUT2D eigenvalue weighted by atomic mass is 14.3. The second kappa shape index (κ2) is 10.1. The zero-order chi connectivity index (χ0) is 15.6. The quantitative estimate of drug-likeness (QED) is 0.440. The van der Waals surface area contributed by atoms with Crippen molar-refractivity contribution in [3.05, 3.63) is 37.0 Å². The molecule has 0 heteroatoms. The van der Waals surface area contributed by atoms with Crippen LogP contribution in [0.2, 0.25) is 0 Å². The number of hydrogen-bond donors (Lipinski definition) is 0. The number of hydrogen-bond acceptors (Lipinski definition) is 0. The first-order chi connectivity index (χ1) is 10.8. The summed E-state index contributed by atoms with van der Waals surface area (Å²) in [5.74, 6) is 3.63. The molecule has 0 unspecified atom stereocenters. The van der Waals surface area contributed by atoms with Crippen molar-refractivity contribution in [1.82, 2.24) is 0 Å². The maximum absolute atomic E-state index is 3.94. The van der Waals surface area contributed by atoms with Gasteiger partial charge in [-0.1, -0.05) is 43.2 Å². The summed E-state index contributed by atoms with van der Waals surface area (Å²) in [6, 6.07) is 0. The summed E-state index contributed by atoms with van der Waals surface area (Å²) in [6.07, 6.45) is 27.1. The van der Waals surface area contributed by atoms with Crippen molar-refractivity contribution in [2.45, 2.75) is 77.6 Å². The van der Waals surface area contributed by atoms with Gasteiger partial charge in [-0.2, -0.15) is 0 Å². The molecule has 2 fully saturated rings. The van der Waals surface area contributed by atoms with Crippen molar-refractivity contribution < 1.29 is 0 Å². The Labute approximate surface area is 138 Å². The topological polar surface area (TPSA) is 0 Å². The predicted molar refractivity (Wildman–Crippen MR) is 98.9 cm³/mol. The van der Waals surface area contributed by atoms with Crippen LogP contribution in [0, 0.1) is 23.7 Å². The Morgan fingerprint density at radius 1 is 0.818 bits per heavy atom. The van der Waals surface area contributed by atoms with Gasteiger partial charge >= 0.3 is 0 Å². The summed E-state index contributed by atoms with van der Waals surface area (Å²) >= 11 is 0. The third-order valence-electron chi connectivity index (χ3n) is 5.97. The molecule has 0 aliphatic heterocycles. The minimum absolute atomic E-state index is 0.794. The summed E-state index contributed by atoms with van der Waals surface area (Å²) in [7, 11) is 0. The Morgan fingerprint density at radius 2 is 1.45 bits per heavy atom. The summed E-state index contributed by atoms with van der Waals surface area (Å²) in [5, 5.41) is 0. The highest BCUT2D eigenvalue weighted by Gasteiger charge is 2.20. The normalized spacial score (nSPS) is 33.5. The van der Waals surface area contributed by atoms with Crippen LogP contribution in [0.3, 0.4) is 0 Å². The van der Waals surface area contributed by atoms with Gasteiger partial charge in [0.2, 0.25) is 0 Å². The molecule has 2 aliphatic rings. The SMILES string of the molecule is C=C[C@H]1CC[C@H](/C=C/CC[C@H]2CC[C@H](C/C=C\C)CC2)CC1. The Balaban J connectivity index is 1.56. The largest absolute Gasteiger partial charge is 0.103 e. The Bertz CT molecular complexity index is 346. The van der Waals surface area contributed by atoms with Crippen LogP contribution in [0.5, 0.6) is 0 Å². The molecule has 2 saturated carbocycles. The molecule has 0 amide bonds. The fourth-order valence-electron chi connectivity index (χ4n) is 4.28. The van der Waals surface area contributed by atoms with E-state index in [1.807, 2.05) is 0 Å². The summed E-state index contributed by atoms with van der Waals surface area (Å²) in [4.78, 5) is 0. The zero-order valence-corrected chi connectivity index (χ0v) is 14.7. The molecule has 0 atom stereocenters. The van der Waals surface area contributed by atoms with Crippen LogP contribution in [0.1, 0.15) is 77.6 Å². The van der Waals surface area contributed by atoms with Crippen molar-refractivity contribution in [1.29, 1.82) is 0 Å². The van der Waals surface area contributed by atoms with Gasteiger partial charge < -0.3 is 0 Å². The maximum atomic E-state index is 3.94. The first-order valence-electron chi connectivity index (χ1n) is 9.72. The molecule has 0 radical (unpaired) electrons. The van der Waals surface area contributed by atoms with E-state index in [1.165, 1.54) is 70.6 Å². The lowest BCUT2D eigenvalue weighted by atomic mass is 9.78. The minimum atomic E-state index is 0.794. The highest BCUT2D eigenvalue weighted by molar-refractivity contribution is 4.94. The third kappa shape index (κ3) is 6.15. The first-order valence-corrected chi connectivity index (χ1v) is 9.72. The van der Waals surface area contributed by atoms with E-state index in [2.05, 4.69) is 43.9 Å². The Hall–Kier alpha value is -0.780. The number of rotatable bonds is 7. The van der Waals surface area contributed by atoms with Crippen molar-refractivity contribution >= 4 is 0 Å². The molecule has 0 spiro atoms. The molecule has 22 heavy (non-hydrogen) atoms. The van der Waals surface area contributed by atoms with Crippen LogP contribution in [0.25, 0.3) is 0 Å². The fourth-order valence-corrected chi connectivity index (χ4v) is 4.28. The molecular weight excluding hydrogens is 264 g/mol. The van der Waals surface area contributed by atoms with Gasteiger partial charge in [0, 0.05) is 0 Å². The van der Waals surface area contributed by atoms with Gasteiger partial charge in [0.25, 0.3) is 0 Å². The molecule has 0 aromatic rings. The third-order valence-corrected chi connectivity index (χ3v) is 5.97. The van der Waals surface area contributed by atoms with Crippen molar-refractivity contribution in [2.24, 2.45) is 23.7 Å². The van der Waals surface area contributed by atoms with Gasteiger partial charge in [-0.05, 0) is 88.4 Å². The van der Waals surface area contributed by atoms with Gasteiger partial charge in [-0.3, -0.25) is 0 Å². The van der Waals surface area contributed by atoms with Crippen molar-refractivity contribution in [3.8, 4) is 0 Å². The zero-order valence-electron chi connectivity index (χ0n) is 14.7. The lowest BCUT2D eigenvalue weighted by Crippen LogP contribution is -2.14. The van der Waals surface area contributed by atoms with Gasteiger partial charge in [-0.25, -0.2) is 0 Å². The van der Waals surface area contributed by atoms with E-state index in [0.717, 1.165) is 23.7 Å². The van der Waals surface area contributed by atoms with E-state index in [0.29, 0.717) is 0 Å². The molecule has 0 heterocycles. The predicted octanol–water partition coefficient (Wildman–Crippen LogP) is 7.09. The van der Waals surface area contributed by atoms with Gasteiger partial charge in [0.1, 0.15) is 0 Å². The molecule has 2 rings (SSSR count). The molecule has 2 aliphatic carbocycles. The average Bonchev–Trinajstić information content (AvgIpc) is 2.58. The van der Waals surface area contributed by atoms with Gasteiger partial charge in [0.15, 0.2) is 0 Å². The van der Waals surface area contributed by atoms with Crippen LogP contribution in [0.4, 0.5) is 0 Å². The number of allylic oxidation sites excluding steroid dienone is 5. The lowest BCUT2D eigenvalue weighted by Gasteiger charge is -2.27. The molecule has 0 aromatic heterocycles. The van der Waals surface area contributed by atoms with E-state index in [-0.39, 0.29) is 0 Å². The van der Waals surface area contributed by atoms with E-state index in [4.69, 9.17) is 0 Å². The second-order valence-electron chi connectivity index (χ2n) is 7.61. The molecule has 0 N–H and O–H groups in total. The summed E-state index contributed by atoms with van der Waals surface area (Å²) in [5.41, 5.74) is 0. The van der Waals surface area contributed by atoms with Crippen LogP contribution >= 0.6 is 0 Å². The van der Waals surface area contributed by atoms with E-state index in [9.17, 15) is 0 Å². The van der Waals surface area contributed by atoms with Crippen LogP contribution in [-0.4, -0.2) is 0 Å².